The molecule has 1 nitrogen and oxygen atoms in total. The summed E-state index contributed by atoms with van der Waals surface area (Å²) >= 11 is 0. The molecule has 16 heavy (non-hydrogen) atoms. The summed E-state index contributed by atoms with van der Waals surface area (Å²) in [6.07, 6.45) is 6.22. The quantitative estimate of drug-likeness (QED) is 0.516. The van der Waals surface area contributed by atoms with Gasteiger partial charge < -0.3 is 4.43 Å². The van der Waals surface area contributed by atoms with Crippen molar-refractivity contribution in [1.29, 1.82) is 0 Å². The molecule has 0 bridgehead atoms. The molecule has 1 heterocycles. The fraction of sp³-hybridized carbons (Fsp3) is 0.714. The number of rotatable bonds is 4. The maximum Gasteiger partial charge on any atom is 0.194 e. The molecule has 1 rings (SSSR count). The molecule has 92 valence electrons. The van der Waals surface area contributed by atoms with Crippen molar-refractivity contribution < 1.29 is 4.43 Å². The molecule has 0 aromatic carbocycles. The Labute approximate surface area is 102 Å². The van der Waals surface area contributed by atoms with E-state index in [2.05, 4.69) is 40.5 Å². The van der Waals surface area contributed by atoms with E-state index in [-0.39, 0.29) is 11.0 Å². The summed E-state index contributed by atoms with van der Waals surface area (Å²) in [5.74, 6) is 0. The van der Waals surface area contributed by atoms with E-state index >= 15 is 0 Å². The van der Waals surface area contributed by atoms with E-state index in [4.69, 9.17) is 4.43 Å². The zero-order valence-corrected chi connectivity index (χ0v) is 12.3. The minimum atomic E-state index is -1.56. The lowest BCUT2D eigenvalue weighted by Gasteiger charge is -2.54. The summed E-state index contributed by atoms with van der Waals surface area (Å²) in [5, 5.41) is 0. The van der Waals surface area contributed by atoms with Crippen molar-refractivity contribution in [2.24, 2.45) is 5.41 Å². The Morgan fingerprint density at radius 2 is 1.88 bits per heavy atom. The average molecular weight is 238 g/mol. The van der Waals surface area contributed by atoms with Crippen LogP contribution in [0.4, 0.5) is 0 Å². The number of hydrogen-bond acceptors (Lipinski definition) is 1. The zero-order chi connectivity index (χ0) is 12.4. The van der Waals surface area contributed by atoms with Gasteiger partial charge in [-0.05, 0) is 43.8 Å². The van der Waals surface area contributed by atoms with Gasteiger partial charge >= 0.3 is 0 Å². The Hall–Kier alpha value is -0.343. The molecule has 0 radical (unpaired) electrons. The van der Waals surface area contributed by atoms with Gasteiger partial charge in [0.15, 0.2) is 8.32 Å². The van der Waals surface area contributed by atoms with Crippen molar-refractivity contribution in [3.8, 4) is 0 Å². The van der Waals surface area contributed by atoms with Gasteiger partial charge in [0.25, 0.3) is 0 Å². The van der Waals surface area contributed by atoms with Crippen molar-refractivity contribution in [2.45, 2.75) is 57.8 Å². The fourth-order valence-electron chi connectivity index (χ4n) is 2.62. The van der Waals surface area contributed by atoms with E-state index in [1.165, 1.54) is 12.5 Å². The molecule has 1 aliphatic heterocycles. The van der Waals surface area contributed by atoms with Crippen LogP contribution in [0.15, 0.2) is 25.3 Å². The molecular formula is C14H26OSi. The van der Waals surface area contributed by atoms with Gasteiger partial charge in [-0.1, -0.05) is 26.0 Å². The third kappa shape index (κ3) is 2.49. The van der Waals surface area contributed by atoms with Crippen LogP contribution < -0.4 is 0 Å². The minimum Gasteiger partial charge on any atom is -0.411 e. The summed E-state index contributed by atoms with van der Waals surface area (Å²) in [6, 6.07) is 2.31. The lowest BCUT2D eigenvalue weighted by atomic mass is 9.72. The van der Waals surface area contributed by atoms with Crippen LogP contribution in [0.5, 0.6) is 0 Å². The lowest BCUT2D eigenvalue weighted by molar-refractivity contribution is -0.0530. The van der Waals surface area contributed by atoms with E-state index in [9.17, 15) is 0 Å². The monoisotopic (exact) mass is 238 g/mol. The Morgan fingerprint density at radius 3 is 2.38 bits per heavy atom. The number of allylic oxidation sites excluding steroid dienone is 1. The molecule has 1 saturated heterocycles. The summed E-state index contributed by atoms with van der Waals surface area (Å²) in [6.45, 7) is 17.0. The van der Waals surface area contributed by atoms with E-state index in [0.717, 1.165) is 12.5 Å². The first-order valence-corrected chi connectivity index (χ1v) is 9.03. The van der Waals surface area contributed by atoms with Gasteiger partial charge in [-0.15, -0.1) is 13.2 Å². The Balaban J connectivity index is 2.93. The molecular weight excluding hydrogens is 212 g/mol. The van der Waals surface area contributed by atoms with Gasteiger partial charge in [0, 0.05) is 0 Å². The van der Waals surface area contributed by atoms with Crippen LogP contribution in [0.25, 0.3) is 0 Å². The maximum absolute atomic E-state index is 6.55. The second-order valence-electron chi connectivity index (χ2n) is 6.15. The Morgan fingerprint density at radius 1 is 1.25 bits per heavy atom. The highest BCUT2D eigenvalue weighted by Crippen LogP contribution is 2.49. The van der Waals surface area contributed by atoms with E-state index < -0.39 is 8.32 Å². The largest absolute Gasteiger partial charge is 0.411 e. The molecule has 0 amide bonds. The molecule has 2 unspecified atom stereocenters. The summed E-state index contributed by atoms with van der Waals surface area (Å²) < 4.78 is 6.55. The predicted octanol–water partition coefficient (Wildman–Crippen LogP) is 4.53. The maximum atomic E-state index is 6.55. The molecule has 0 aromatic heterocycles. The number of hydrogen-bond donors (Lipinski definition) is 0. The van der Waals surface area contributed by atoms with Crippen molar-refractivity contribution >= 4 is 8.32 Å². The van der Waals surface area contributed by atoms with Crippen LogP contribution in [-0.2, 0) is 4.43 Å². The predicted molar refractivity (Wildman–Crippen MR) is 74.1 cm³/mol. The molecule has 0 aromatic rings. The highest BCUT2D eigenvalue weighted by molar-refractivity contribution is 6.73. The van der Waals surface area contributed by atoms with Gasteiger partial charge in [0.05, 0.1) is 5.60 Å². The minimum absolute atomic E-state index is 0.0447. The molecule has 0 saturated carbocycles. The van der Waals surface area contributed by atoms with Crippen LogP contribution >= 0.6 is 0 Å². The van der Waals surface area contributed by atoms with Crippen LogP contribution in [0.3, 0.4) is 0 Å². The van der Waals surface area contributed by atoms with Crippen LogP contribution in [0, 0.1) is 5.41 Å². The standard InChI is InChI=1S/C14H26OSi/c1-7-9-14(5)13(3,4)10-12-16(6,15-14)11-8-2/h7-8H,1-2,9-12H2,3-6H3. The van der Waals surface area contributed by atoms with Crippen molar-refractivity contribution in [3.63, 3.8) is 0 Å². The second kappa shape index (κ2) is 4.50. The first-order valence-electron chi connectivity index (χ1n) is 6.21. The van der Waals surface area contributed by atoms with Crippen LogP contribution in [0.1, 0.15) is 33.6 Å². The molecule has 2 atom stereocenters. The van der Waals surface area contributed by atoms with Crippen molar-refractivity contribution in [1.82, 2.24) is 0 Å². The Bertz CT molecular complexity index is 284. The zero-order valence-electron chi connectivity index (χ0n) is 11.3. The summed E-state index contributed by atoms with van der Waals surface area (Å²) in [5.41, 5.74) is 0.200. The van der Waals surface area contributed by atoms with E-state index in [1.54, 1.807) is 0 Å². The highest BCUT2D eigenvalue weighted by Gasteiger charge is 2.50. The smallest absolute Gasteiger partial charge is 0.194 e. The molecule has 1 fully saturated rings. The van der Waals surface area contributed by atoms with Gasteiger partial charge in [-0.25, -0.2) is 0 Å². The van der Waals surface area contributed by atoms with E-state index in [1.807, 2.05) is 12.2 Å². The second-order valence-corrected chi connectivity index (χ2v) is 10.2. The summed E-state index contributed by atoms with van der Waals surface area (Å²) in [7, 11) is -1.56. The first kappa shape index (κ1) is 13.7. The van der Waals surface area contributed by atoms with Gasteiger partial charge in [0.1, 0.15) is 0 Å². The van der Waals surface area contributed by atoms with Gasteiger partial charge in [-0.2, -0.15) is 0 Å². The molecule has 0 spiro atoms. The molecule has 0 N–H and O–H groups in total. The Kier molecular flexibility index (Phi) is 3.86. The topological polar surface area (TPSA) is 9.23 Å². The highest BCUT2D eigenvalue weighted by atomic mass is 28.4. The van der Waals surface area contributed by atoms with E-state index in [0.29, 0.717) is 0 Å². The van der Waals surface area contributed by atoms with Crippen molar-refractivity contribution in [3.05, 3.63) is 25.3 Å². The van der Waals surface area contributed by atoms with Crippen LogP contribution in [0.2, 0.25) is 18.6 Å². The molecule has 1 aliphatic rings. The summed E-state index contributed by atoms with van der Waals surface area (Å²) in [4.78, 5) is 0. The average Bonchev–Trinajstić information content (AvgIpc) is 2.14. The molecule has 2 heteroatoms. The van der Waals surface area contributed by atoms with Crippen molar-refractivity contribution in [2.75, 3.05) is 0 Å². The normalized spacial score (nSPS) is 38.0. The van der Waals surface area contributed by atoms with Gasteiger partial charge in [0.2, 0.25) is 0 Å². The first-order chi connectivity index (χ1) is 7.29. The third-order valence-corrected chi connectivity index (χ3v) is 7.70. The fourth-order valence-corrected chi connectivity index (χ4v) is 6.22. The SMILES string of the molecule is C=CCC1(C)O[Si](C)(CC=C)CCC1(C)C. The van der Waals surface area contributed by atoms with Crippen LogP contribution in [-0.4, -0.2) is 13.9 Å². The molecule has 0 aliphatic carbocycles. The van der Waals surface area contributed by atoms with Gasteiger partial charge in [-0.3, -0.25) is 0 Å². The third-order valence-electron chi connectivity index (χ3n) is 4.29. The lowest BCUT2D eigenvalue weighted by Crippen LogP contribution is -2.57.